The van der Waals surface area contributed by atoms with Gasteiger partial charge in [-0.15, -0.1) is 0 Å². The zero-order chi connectivity index (χ0) is 23.1. The molecule has 0 aliphatic carbocycles. The summed E-state index contributed by atoms with van der Waals surface area (Å²) < 4.78 is 19.5. The highest BCUT2D eigenvalue weighted by atomic mass is 16.5. The normalized spacial score (nSPS) is 13.9. The smallest absolute Gasteiger partial charge is 0.232 e. The molecule has 1 aliphatic rings. The van der Waals surface area contributed by atoms with Crippen molar-refractivity contribution in [3.63, 3.8) is 0 Å². The van der Waals surface area contributed by atoms with E-state index in [-0.39, 0.29) is 5.78 Å². The summed E-state index contributed by atoms with van der Waals surface area (Å²) in [4.78, 5) is 13.2. The van der Waals surface area contributed by atoms with Crippen LogP contribution in [-0.4, -0.2) is 17.5 Å². The highest BCUT2D eigenvalue weighted by molar-refractivity contribution is 6.16. The summed E-state index contributed by atoms with van der Waals surface area (Å²) in [6.45, 7) is 4.43. The molecule has 5 heteroatoms. The zero-order valence-corrected chi connectivity index (χ0v) is 19.1. The van der Waals surface area contributed by atoms with E-state index in [0.717, 1.165) is 33.3 Å². The van der Waals surface area contributed by atoms with Crippen LogP contribution in [0.4, 0.5) is 0 Å². The zero-order valence-electron chi connectivity index (χ0n) is 19.1. The van der Waals surface area contributed by atoms with Gasteiger partial charge in [0.05, 0.1) is 12.7 Å². The first-order valence-electron chi connectivity index (χ1n) is 10.8. The van der Waals surface area contributed by atoms with Crippen molar-refractivity contribution in [1.82, 2.24) is 4.57 Å². The number of methoxy groups -OCH3 is 1. The molecule has 5 rings (SSSR count). The van der Waals surface area contributed by atoms with E-state index in [2.05, 4.69) is 19.1 Å². The number of benzene rings is 3. The minimum Gasteiger partial charge on any atom is -0.497 e. The van der Waals surface area contributed by atoms with Crippen molar-refractivity contribution in [2.24, 2.45) is 7.05 Å². The average Bonchev–Trinajstić information content (AvgIpc) is 3.29. The van der Waals surface area contributed by atoms with Gasteiger partial charge in [-0.05, 0) is 60.9 Å². The minimum atomic E-state index is -0.118. The van der Waals surface area contributed by atoms with Gasteiger partial charge in [-0.1, -0.05) is 24.3 Å². The predicted molar refractivity (Wildman–Crippen MR) is 129 cm³/mol. The first-order chi connectivity index (χ1) is 15.9. The van der Waals surface area contributed by atoms with Crippen molar-refractivity contribution in [3.8, 4) is 17.2 Å². The molecule has 3 aromatic carbocycles. The van der Waals surface area contributed by atoms with Gasteiger partial charge in [-0.2, -0.15) is 0 Å². The molecule has 1 aromatic heterocycles. The third-order valence-corrected chi connectivity index (χ3v) is 6.11. The van der Waals surface area contributed by atoms with Crippen LogP contribution >= 0.6 is 0 Å². The second-order valence-electron chi connectivity index (χ2n) is 8.35. The monoisotopic (exact) mass is 439 g/mol. The Kier molecular flexibility index (Phi) is 5.17. The van der Waals surface area contributed by atoms with Crippen LogP contribution in [0.15, 0.2) is 66.6 Å². The van der Waals surface area contributed by atoms with Gasteiger partial charge in [0.2, 0.25) is 5.78 Å². The van der Waals surface area contributed by atoms with Gasteiger partial charge < -0.3 is 18.8 Å². The number of aromatic nitrogens is 1. The van der Waals surface area contributed by atoms with Gasteiger partial charge in [0.25, 0.3) is 0 Å². The number of nitrogens with zero attached hydrogens (tertiary/aromatic N) is 1. The van der Waals surface area contributed by atoms with Crippen molar-refractivity contribution < 1.29 is 19.0 Å². The number of ketones is 1. The Hall–Kier alpha value is -3.99. The fourth-order valence-electron chi connectivity index (χ4n) is 4.28. The summed E-state index contributed by atoms with van der Waals surface area (Å²) in [7, 11) is 3.62. The van der Waals surface area contributed by atoms with Gasteiger partial charge in [0.1, 0.15) is 23.9 Å². The lowest BCUT2D eigenvalue weighted by molar-refractivity contribution is 0.101. The fourth-order valence-corrected chi connectivity index (χ4v) is 4.28. The molecule has 0 fully saturated rings. The SMILES string of the molecule is COc1ccc2c(c1)c(/C=C1\Oc3cc(OCc4ccccc4C)cc(C)c3C1=O)cn2C. The number of hydrogen-bond acceptors (Lipinski definition) is 4. The third kappa shape index (κ3) is 3.76. The fraction of sp³-hybridized carbons (Fsp3) is 0.179. The Balaban J connectivity index is 1.45. The van der Waals surface area contributed by atoms with Crippen LogP contribution in [0.2, 0.25) is 0 Å². The standard InChI is InChI=1S/C28H25NO4/c1-17-7-5-6-8-19(17)16-32-22-11-18(2)27-25(14-22)33-26(28(27)30)12-20-15-29(3)24-10-9-21(31-4)13-23(20)24/h5-15H,16H2,1-4H3/b26-12-. The summed E-state index contributed by atoms with van der Waals surface area (Å²) in [5, 5.41) is 0.996. The molecule has 166 valence electrons. The quantitative estimate of drug-likeness (QED) is 0.358. The Morgan fingerprint density at radius 1 is 1.00 bits per heavy atom. The molecule has 0 spiro atoms. The van der Waals surface area contributed by atoms with Gasteiger partial charge >= 0.3 is 0 Å². The van der Waals surface area contributed by atoms with E-state index in [0.29, 0.717) is 29.4 Å². The minimum absolute atomic E-state index is 0.118. The van der Waals surface area contributed by atoms with E-state index in [1.54, 1.807) is 19.3 Å². The summed E-state index contributed by atoms with van der Waals surface area (Å²) >= 11 is 0. The molecule has 0 bridgehead atoms. The molecule has 0 radical (unpaired) electrons. The number of rotatable bonds is 5. The lowest BCUT2D eigenvalue weighted by atomic mass is 10.0. The number of aryl methyl sites for hydroxylation is 3. The van der Waals surface area contributed by atoms with Crippen molar-refractivity contribution in [2.75, 3.05) is 7.11 Å². The highest BCUT2D eigenvalue weighted by Gasteiger charge is 2.30. The average molecular weight is 440 g/mol. The molecule has 5 nitrogen and oxygen atoms in total. The van der Waals surface area contributed by atoms with Crippen molar-refractivity contribution in [2.45, 2.75) is 20.5 Å². The first kappa shape index (κ1) is 20.9. The summed E-state index contributed by atoms with van der Waals surface area (Å²) in [5.74, 6) is 2.16. The predicted octanol–water partition coefficient (Wildman–Crippen LogP) is 6.00. The molecule has 0 unspecified atom stereocenters. The molecule has 33 heavy (non-hydrogen) atoms. The molecular weight excluding hydrogens is 414 g/mol. The summed E-state index contributed by atoms with van der Waals surface area (Å²) in [5.41, 5.74) is 5.67. The van der Waals surface area contributed by atoms with Gasteiger partial charge in [0, 0.05) is 35.8 Å². The number of hydrogen-bond donors (Lipinski definition) is 0. The number of fused-ring (bicyclic) bond motifs is 2. The van der Waals surface area contributed by atoms with Gasteiger partial charge in [-0.25, -0.2) is 0 Å². The van der Waals surface area contributed by atoms with Gasteiger partial charge in [0.15, 0.2) is 5.76 Å². The Morgan fingerprint density at radius 2 is 1.82 bits per heavy atom. The number of carbonyl (C=O) groups excluding carboxylic acids is 1. The molecule has 0 saturated heterocycles. The van der Waals surface area contributed by atoms with E-state index in [9.17, 15) is 4.79 Å². The van der Waals surface area contributed by atoms with Crippen molar-refractivity contribution >= 4 is 22.8 Å². The van der Waals surface area contributed by atoms with Gasteiger partial charge in [-0.3, -0.25) is 4.79 Å². The molecule has 1 aliphatic heterocycles. The number of ether oxygens (including phenoxy) is 3. The topological polar surface area (TPSA) is 49.7 Å². The maximum absolute atomic E-state index is 13.2. The number of allylic oxidation sites excluding steroid dienone is 1. The summed E-state index contributed by atoms with van der Waals surface area (Å²) in [6.07, 6.45) is 3.79. The third-order valence-electron chi connectivity index (χ3n) is 6.11. The number of Topliss-reactive ketones (excluding diaryl/α,β-unsaturated/α-hetero) is 1. The molecule has 4 aromatic rings. The van der Waals surface area contributed by atoms with Crippen LogP contribution in [0.25, 0.3) is 17.0 Å². The molecule has 0 saturated carbocycles. The van der Waals surface area contributed by atoms with Crippen LogP contribution in [0.3, 0.4) is 0 Å². The van der Waals surface area contributed by atoms with Crippen LogP contribution in [-0.2, 0) is 13.7 Å². The molecule has 2 heterocycles. The maximum Gasteiger partial charge on any atom is 0.232 e. The Bertz CT molecular complexity index is 1430. The molecule has 0 amide bonds. The lowest BCUT2D eigenvalue weighted by Crippen LogP contribution is -2.00. The molecule has 0 atom stereocenters. The highest BCUT2D eigenvalue weighted by Crippen LogP contribution is 2.38. The van der Waals surface area contributed by atoms with Crippen molar-refractivity contribution in [1.29, 1.82) is 0 Å². The maximum atomic E-state index is 13.2. The van der Waals surface area contributed by atoms with E-state index >= 15 is 0 Å². The van der Waals surface area contributed by atoms with E-state index < -0.39 is 0 Å². The second kappa shape index (κ2) is 8.17. The lowest BCUT2D eigenvalue weighted by Gasteiger charge is -2.10. The Labute approximate surface area is 192 Å². The van der Waals surface area contributed by atoms with Crippen LogP contribution in [0.1, 0.15) is 32.6 Å². The summed E-state index contributed by atoms with van der Waals surface area (Å²) in [6, 6.07) is 17.7. The van der Waals surface area contributed by atoms with E-state index in [4.69, 9.17) is 14.2 Å². The Morgan fingerprint density at radius 3 is 2.61 bits per heavy atom. The van der Waals surface area contributed by atoms with Crippen LogP contribution in [0, 0.1) is 13.8 Å². The second-order valence-corrected chi connectivity index (χ2v) is 8.35. The first-order valence-corrected chi connectivity index (χ1v) is 10.8. The van der Waals surface area contributed by atoms with E-state index in [1.807, 2.05) is 61.1 Å². The van der Waals surface area contributed by atoms with Crippen molar-refractivity contribution in [3.05, 3.63) is 94.4 Å². The van der Waals surface area contributed by atoms with E-state index in [1.165, 1.54) is 5.56 Å². The van der Waals surface area contributed by atoms with Crippen LogP contribution in [0.5, 0.6) is 17.2 Å². The molecular formula is C28H25NO4. The number of carbonyl (C=O) groups is 1. The van der Waals surface area contributed by atoms with Crippen LogP contribution < -0.4 is 14.2 Å². The molecule has 0 N–H and O–H groups in total. The largest absolute Gasteiger partial charge is 0.497 e.